The molecule has 0 spiro atoms. The van der Waals surface area contributed by atoms with E-state index in [9.17, 15) is 4.79 Å². The topological polar surface area (TPSA) is 26.3 Å². The number of hydrogen-bond donors (Lipinski definition) is 0. The minimum atomic E-state index is -0.0637. The van der Waals surface area contributed by atoms with Crippen LogP contribution < -0.4 is 0 Å². The second kappa shape index (κ2) is 3.74. The number of esters is 1. The summed E-state index contributed by atoms with van der Waals surface area (Å²) in [6, 6.07) is 0. The monoisotopic (exact) mass is 168 g/mol. The van der Waals surface area contributed by atoms with E-state index in [-0.39, 0.29) is 11.9 Å². The lowest BCUT2D eigenvalue weighted by molar-refractivity contribution is -0.147. The highest BCUT2D eigenvalue weighted by Gasteiger charge is 2.27. The largest absolute Gasteiger partial charge is 0.469 e. The van der Waals surface area contributed by atoms with Crippen LogP contribution in [0, 0.1) is 11.8 Å². The maximum Gasteiger partial charge on any atom is 0.309 e. The Bertz CT molecular complexity index is 206. The van der Waals surface area contributed by atoms with Gasteiger partial charge in [0.05, 0.1) is 13.0 Å². The second-order valence-corrected chi connectivity index (χ2v) is 3.60. The zero-order valence-corrected chi connectivity index (χ0v) is 7.96. The SMILES string of the molecule is COC(=O)[C@@H]1CC=C(C)C[C@H]1C. The van der Waals surface area contributed by atoms with E-state index in [1.807, 2.05) is 0 Å². The highest BCUT2D eigenvalue weighted by molar-refractivity contribution is 5.73. The first kappa shape index (κ1) is 9.30. The van der Waals surface area contributed by atoms with Crippen molar-refractivity contribution in [1.29, 1.82) is 0 Å². The summed E-state index contributed by atoms with van der Waals surface area (Å²) in [7, 11) is 1.46. The van der Waals surface area contributed by atoms with Gasteiger partial charge in [0.15, 0.2) is 0 Å². The van der Waals surface area contributed by atoms with Gasteiger partial charge in [-0.15, -0.1) is 0 Å². The summed E-state index contributed by atoms with van der Waals surface area (Å²) in [5, 5.41) is 0. The molecule has 0 aromatic rings. The van der Waals surface area contributed by atoms with Gasteiger partial charge in [-0.25, -0.2) is 0 Å². The average molecular weight is 168 g/mol. The Hall–Kier alpha value is -0.790. The fraction of sp³-hybridized carbons (Fsp3) is 0.700. The first-order valence-electron chi connectivity index (χ1n) is 4.38. The molecule has 2 atom stereocenters. The summed E-state index contributed by atoms with van der Waals surface area (Å²) in [4.78, 5) is 11.2. The summed E-state index contributed by atoms with van der Waals surface area (Å²) in [5.41, 5.74) is 1.39. The van der Waals surface area contributed by atoms with E-state index in [2.05, 4.69) is 19.9 Å². The van der Waals surface area contributed by atoms with Crippen LogP contribution in [-0.2, 0) is 9.53 Å². The van der Waals surface area contributed by atoms with Gasteiger partial charge in [-0.1, -0.05) is 18.6 Å². The second-order valence-electron chi connectivity index (χ2n) is 3.60. The van der Waals surface area contributed by atoms with Crippen LogP contribution in [0.4, 0.5) is 0 Å². The first-order valence-corrected chi connectivity index (χ1v) is 4.38. The summed E-state index contributed by atoms with van der Waals surface area (Å²) in [5.74, 6) is 0.451. The molecule has 0 aromatic carbocycles. The van der Waals surface area contributed by atoms with Crippen molar-refractivity contribution in [2.75, 3.05) is 7.11 Å². The van der Waals surface area contributed by atoms with E-state index >= 15 is 0 Å². The third kappa shape index (κ3) is 1.87. The number of methoxy groups -OCH3 is 1. The van der Waals surface area contributed by atoms with Gasteiger partial charge < -0.3 is 4.74 Å². The predicted octanol–water partition coefficient (Wildman–Crippen LogP) is 2.15. The highest BCUT2D eigenvalue weighted by atomic mass is 16.5. The van der Waals surface area contributed by atoms with Crippen LogP contribution in [0.15, 0.2) is 11.6 Å². The number of carbonyl (C=O) groups is 1. The predicted molar refractivity (Wildman–Crippen MR) is 47.7 cm³/mol. The molecular formula is C10H16O2. The summed E-state index contributed by atoms with van der Waals surface area (Å²) in [6.07, 6.45) is 4.01. The Kier molecular flexibility index (Phi) is 2.90. The van der Waals surface area contributed by atoms with E-state index in [1.165, 1.54) is 12.7 Å². The maximum absolute atomic E-state index is 11.2. The molecule has 0 bridgehead atoms. The molecule has 1 aliphatic rings. The molecule has 0 unspecified atom stereocenters. The molecule has 2 nitrogen and oxygen atoms in total. The molecule has 0 radical (unpaired) electrons. The molecule has 1 aliphatic carbocycles. The minimum Gasteiger partial charge on any atom is -0.469 e. The molecule has 0 heterocycles. The first-order chi connectivity index (χ1) is 5.65. The Labute approximate surface area is 73.6 Å². The number of ether oxygens (including phenoxy) is 1. The Morgan fingerprint density at radius 1 is 1.67 bits per heavy atom. The molecule has 0 saturated heterocycles. The van der Waals surface area contributed by atoms with E-state index in [1.54, 1.807) is 0 Å². The van der Waals surface area contributed by atoms with Crippen molar-refractivity contribution in [1.82, 2.24) is 0 Å². The summed E-state index contributed by atoms with van der Waals surface area (Å²) in [6.45, 7) is 4.22. The van der Waals surface area contributed by atoms with Crippen molar-refractivity contribution in [2.24, 2.45) is 11.8 Å². The van der Waals surface area contributed by atoms with E-state index in [4.69, 9.17) is 4.74 Å². The standard InChI is InChI=1S/C10H16O2/c1-7-4-5-9(8(2)6-7)10(11)12-3/h4,8-9H,5-6H2,1-3H3/t8-,9-/m1/s1. The van der Waals surface area contributed by atoms with Gasteiger partial charge in [0.25, 0.3) is 0 Å². The molecule has 0 aromatic heterocycles. The third-order valence-corrected chi connectivity index (χ3v) is 2.56. The Morgan fingerprint density at radius 3 is 2.83 bits per heavy atom. The molecule has 0 saturated carbocycles. The molecule has 0 N–H and O–H groups in total. The fourth-order valence-electron chi connectivity index (χ4n) is 1.77. The third-order valence-electron chi connectivity index (χ3n) is 2.56. The van der Waals surface area contributed by atoms with Crippen molar-refractivity contribution in [3.8, 4) is 0 Å². The number of allylic oxidation sites excluding steroid dienone is 2. The van der Waals surface area contributed by atoms with E-state index in [0.717, 1.165) is 12.8 Å². The molecule has 12 heavy (non-hydrogen) atoms. The minimum absolute atomic E-state index is 0.0637. The number of rotatable bonds is 1. The van der Waals surface area contributed by atoms with E-state index in [0.29, 0.717) is 5.92 Å². The molecule has 0 aliphatic heterocycles. The summed E-state index contributed by atoms with van der Waals surface area (Å²) >= 11 is 0. The van der Waals surface area contributed by atoms with Gasteiger partial charge >= 0.3 is 5.97 Å². The van der Waals surface area contributed by atoms with Gasteiger partial charge in [-0.05, 0) is 25.7 Å². The van der Waals surface area contributed by atoms with Crippen LogP contribution in [0.3, 0.4) is 0 Å². The van der Waals surface area contributed by atoms with Crippen molar-refractivity contribution < 1.29 is 9.53 Å². The van der Waals surface area contributed by atoms with Crippen molar-refractivity contribution in [2.45, 2.75) is 26.7 Å². The van der Waals surface area contributed by atoms with Gasteiger partial charge in [0.2, 0.25) is 0 Å². The zero-order valence-electron chi connectivity index (χ0n) is 7.96. The smallest absolute Gasteiger partial charge is 0.309 e. The molecule has 68 valence electrons. The quantitative estimate of drug-likeness (QED) is 0.443. The number of hydrogen-bond acceptors (Lipinski definition) is 2. The average Bonchev–Trinajstić information content (AvgIpc) is 2.03. The van der Waals surface area contributed by atoms with Crippen LogP contribution in [0.25, 0.3) is 0 Å². The maximum atomic E-state index is 11.2. The molecule has 0 fully saturated rings. The lowest BCUT2D eigenvalue weighted by atomic mass is 9.81. The van der Waals surface area contributed by atoms with Gasteiger partial charge in [-0.3, -0.25) is 4.79 Å². The van der Waals surface area contributed by atoms with Gasteiger partial charge in [0, 0.05) is 0 Å². The van der Waals surface area contributed by atoms with Crippen LogP contribution in [-0.4, -0.2) is 13.1 Å². The highest BCUT2D eigenvalue weighted by Crippen LogP contribution is 2.29. The van der Waals surface area contributed by atoms with Crippen molar-refractivity contribution in [3.05, 3.63) is 11.6 Å². The molecule has 0 amide bonds. The molecular weight excluding hydrogens is 152 g/mol. The zero-order chi connectivity index (χ0) is 9.14. The number of carbonyl (C=O) groups excluding carboxylic acids is 1. The lowest BCUT2D eigenvalue weighted by Crippen LogP contribution is -2.25. The lowest BCUT2D eigenvalue weighted by Gasteiger charge is -2.25. The summed E-state index contributed by atoms with van der Waals surface area (Å²) < 4.78 is 4.73. The molecule has 2 heteroatoms. The van der Waals surface area contributed by atoms with Gasteiger partial charge in [0.1, 0.15) is 0 Å². The van der Waals surface area contributed by atoms with Crippen molar-refractivity contribution >= 4 is 5.97 Å². The normalized spacial score (nSPS) is 29.4. The Balaban J connectivity index is 2.63. The molecule has 1 rings (SSSR count). The fourth-order valence-corrected chi connectivity index (χ4v) is 1.77. The van der Waals surface area contributed by atoms with Crippen molar-refractivity contribution in [3.63, 3.8) is 0 Å². The van der Waals surface area contributed by atoms with E-state index < -0.39 is 0 Å². The Morgan fingerprint density at radius 2 is 2.33 bits per heavy atom. The van der Waals surface area contributed by atoms with Crippen LogP contribution in [0.2, 0.25) is 0 Å². The van der Waals surface area contributed by atoms with Gasteiger partial charge in [-0.2, -0.15) is 0 Å². The van der Waals surface area contributed by atoms with Crippen LogP contribution in [0.5, 0.6) is 0 Å². The van der Waals surface area contributed by atoms with Crippen LogP contribution in [0.1, 0.15) is 26.7 Å². The van der Waals surface area contributed by atoms with Crippen LogP contribution >= 0.6 is 0 Å².